The summed E-state index contributed by atoms with van der Waals surface area (Å²) in [5.41, 5.74) is 2.17. The molecule has 7 heteroatoms. The molecule has 2 aromatic rings. The number of benzene rings is 1. The Labute approximate surface area is 154 Å². The van der Waals surface area contributed by atoms with E-state index >= 15 is 0 Å². The molecular formula is C19H27N5O2. The van der Waals surface area contributed by atoms with Gasteiger partial charge in [0.2, 0.25) is 5.95 Å². The summed E-state index contributed by atoms with van der Waals surface area (Å²) in [6.07, 6.45) is 0.688. The first-order valence-corrected chi connectivity index (χ1v) is 8.64. The topological polar surface area (TPSA) is 79.4 Å². The minimum Gasteiger partial charge on any atom is -0.496 e. The molecule has 2 rings (SSSR count). The van der Waals surface area contributed by atoms with E-state index in [2.05, 4.69) is 25.5 Å². The van der Waals surface area contributed by atoms with Gasteiger partial charge < -0.3 is 20.3 Å². The van der Waals surface area contributed by atoms with Crippen molar-refractivity contribution in [3.05, 3.63) is 47.3 Å². The van der Waals surface area contributed by atoms with Gasteiger partial charge in [-0.15, -0.1) is 0 Å². The number of hydrogen-bond donors (Lipinski definition) is 2. The lowest BCUT2D eigenvalue weighted by atomic mass is 10.1. The van der Waals surface area contributed by atoms with E-state index in [1.807, 2.05) is 45.3 Å². The summed E-state index contributed by atoms with van der Waals surface area (Å²) < 4.78 is 5.33. The lowest BCUT2D eigenvalue weighted by Crippen LogP contribution is -2.27. The lowest BCUT2D eigenvalue weighted by Gasteiger charge is -2.12. The fraction of sp³-hybridized carbons (Fsp3) is 0.421. The Balaban J connectivity index is 1.93. The van der Waals surface area contributed by atoms with Gasteiger partial charge in [0.15, 0.2) is 0 Å². The number of para-hydroxylation sites is 1. The molecule has 0 spiro atoms. The maximum Gasteiger partial charge on any atom is 0.270 e. The van der Waals surface area contributed by atoms with Crippen LogP contribution in [0.1, 0.15) is 21.7 Å². The second kappa shape index (κ2) is 9.72. The number of anilines is 1. The quantitative estimate of drug-likeness (QED) is 0.712. The molecule has 0 fully saturated rings. The van der Waals surface area contributed by atoms with Crippen molar-refractivity contribution in [1.82, 2.24) is 20.2 Å². The molecular weight excluding hydrogens is 330 g/mol. The van der Waals surface area contributed by atoms with E-state index in [1.165, 1.54) is 0 Å². The Morgan fingerprint density at radius 1 is 1.19 bits per heavy atom. The molecule has 0 atom stereocenters. The molecule has 0 unspecified atom stereocenters. The number of amides is 1. The highest BCUT2D eigenvalue weighted by Gasteiger charge is 2.11. The fourth-order valence-electron chi connectivity index (χ4n) is 2.47. The fourth-order valence-corrected chi connectivity index (χ4v) is 2.47. The van der Waals surface area contributed by atoms with Gasteiger partial charge in [-0.1, -0.05) is 18.2 Å². The van der Waals surface area contributed by atoms with E-state index in [-0.39, 0.29) is 5.91 Å². The Morgan fingerprint density at radius 3 is 2.69 bits per heavy atom. The number of aromatic nitrogens is 2. The normalized spacial score (nSPS) is 10.7. The molecule has 0 saturated heterocycles. The molecule has 0 radical (unpaired) electrons. The third kappa shape index (κ3) is 6.00. The Kier molecular flexibility index (Phi) is 7.35. The summed E-state index contributed by atoms with van der Waals surface area (Å²) in [7, 11) is 5.64. The third-order valence-corrected chi connectivity index (χ3v) is 3.80. The Bertz CT molecular complexity index is 734. The summed E-state index contributed by atoms with van der Waals surface area (Å²) in [5, 5.41) is 6.06. The number of carbonyl (C=O) groups excluding carboxylic acids is 1. The minimum atomic E-state index is -0.207. The molecule has 140 valence electrons. The second-order valence-electron chi connectivity index (χ2n) is 6.27. The molecule has 7 nitrogen and oxygen atoms in total. The zero-order chi connectivity index (χ0) is 18.9. The average Bonchev–Trinajstić information content (AvgIpc) is 2.61. The molecule has 0 bridgehead atoms. The van der Waals surface area contributed by atoms with Crippen molar-refractivity contribution in [3.8, 4) is 5.75 Å². The first-order chi connectivity index (χ1) is 12.5. The molecule has 0 aliphatic heterocycles. The van der Waals surface area contributed by atoms with Gasteiger partial charge >= 0.3 is 0 Å². The SMILES string of the molecule is COc1ccccc1CCNC(=O)c1cc(C)nc(NCCN(C)C)n1. The van der Waals surface area contributed by atoms with Crippen molar-refractivity contribution < 1.29 is 9.53 Å². The molecule has 2 N–H and O–H groups in total. The van der Waals surface area contributed by atoms with Gasteiger partial charge in [0.25, 0.3) is 5.91 Å². The van der Waals surface area contributed by atoms with Crippen LogP contribution in [0.2, 0.25) is 0 Å². The van der Waals surface area contributed by atoms with Crippen LogP contribution < -0.4 is 15.4 Å². The standard InChI is InChI=1S/C19H27N5O2/c1-14-13-16(23-19(22-14)21-11-12-24(2)3)18(25)20-10-9-15-7-5-6-8-17(15)26-4/h5-8,13H,9-12H2,1-4H3,(H,20,25)(H,21,22,23). The molecule has 1 heterocycles. The largest absolute Gasteiger partial charge is 0.496 e. The number of carbonyl (C=O) groups is 1. The first-order valence-electron chi connectivity index (χ1n) is 8.64. The van der Waals surface area contributed by atoms with Gasteiger partial charge in [-0.05, 0) is 45.1 Å². The van der Waals surface area contributed by atoms with Crippen LogP contribution in [-0.4, -0.2) is 61.6 Å². The highest BCUT2D eigenvalue weighted by atomic mass is 16.5. The van der Waals surface area contributed by atoms with Crippen LogP contribution >= 0.6 is 0 Å². The number of methoxy groups -OCH3 is 1. The minimum absolute atomic E-state index is 0.207. The summed E-state index contributed by atoms with van der Waals surface area (Å²) in [6, 6.07) is 9.48. The van der Waals surface area contributed by atoms with Crippen LogP contribution in [-0.2, 0) is 6.42 Å². The van der Waals surface area contributed by atoms with Gasteiger partial charge in [-0.2, -0.15) is 0 Å². The molecule has 0 saturated carbocycles. The van der Waals surface area contributed by atoms with Crippen molar-refractivity contribution in [2.75, 3.05) is 46.2 Å². The van der Waals surface area contributed by atoms with Crippen molar-refractivity contribution >= 4 is 11.9 Å². The predicted molar refractivity (Wildman–Crippen MR) is 103 cm³/mol. The summed E-state index contributed by atoms with van der Waals surface area (Å²) in [5.74, 6) is 1.09. The number of nitrogens with zero attached hydrogens (tertiary/aromatic N) is 3. The van der Waals surface area contributed by atoms with Gasteiger partial charge in [-0.3, -0.25) is 4.79 Å². The van der Waals surface area contributed by atoms with Crippen LogP contribution in [0.4, 0.5) is 5.95 Å². The molecule has 0 aliphatic rings. The van der Waals surface area contributed by atoms with Crippen molar-refractivity contribution in [3.63, 3.8) is 0 Å². The smallest absolute Gasteiger partial charge is 0.270 e. The van der Waals surface area contributed by atoms with Gasteiger partial charge in [-0.25, -0.2) is 9.97 Å². The molecule has 0 aliphatic carbocycles. The Morgan fingerprint density at radius 2 is 1.96 bits per heavy atom. The number of rotatable bonds is 9. The lowest BCUT2D eigenvalue weighted by molar-refractivity contribution is 0.0949. The van der Waals surface area contributed by atoms with E-state index in [4.69, 9.17) is 4.74 Å². The van der Waals surface area contributed by atoms with E-state index < -0.39 is 0 Å². The van der Waals surface area contributed by atoms with Crippen LogP contribution in [0, 0.1) is 6.92 Å². The zero-order valence-corrected chi connectivity index (χ0v) is 15.9. The Hall–Kier alpha value is -2.67. The predicted octanol–water partition coefficient (Wildman–Crippen LogP) is 1.74. The first kappa shape index (κ1) is 19.7. The maximum absolute atomic E-state index is 12.4. The molecule has 26 heavy (non-hydrogen) atoms. The third-order valence-electron chi connectivity index (χ3n) is 3.80. The van der Waals surface area contributed by atoms with Crippen molar-refractivity contribution in [2.45, 2.75) is 13.3 Å². The van der Waals surface area contributed by atoms with Crippen molar-refractivity contribution in [1.29, 1.82) is 0 Å². The van der Waals surface area contributed by atoms with E-state index in [9.17, 15) is 4.79 Å². The van der Waals surface area contributed by atoms with Crippen LogP contribution in [0.3, 0.4) is 0 Å². The van der Waals surface area contributed by atoms with Crippen LogP contribution in [0.25, 0.3) is 0 Å². The number of likely N-dealkylation sites (N-methyl/N-ethyl adjacent to an activating group) is 1. The van der Waals surface area contributed by atoms with Gasteiger partial charge in [0.05, 0.1) is 7.11 Å². The highest BCUT2D eigenvalue weighted by molar-refractivity contribution is 5.92. The highest BCUT2D eigenvalue weighted by Crippen LogP contribution is 2.17. The van der Waals surface area contributed by atoms with E-state index in [0.29, 0.717) is 31.2 Å². The number of hydrogen-bond acceptors (Lipinski definition) is 6. The monoisotopic (exact) mass is 357 g/mol. The summed E-state index contributed by atoms with van der Waals surface area (Å²) >= 11 is 0. The molecule has 1 amide bonds. The zero-order valence-electron chi connectivity index (χ0n) is 15.9. The number of nitrogens with one attached hydrogen (secondary N) is 2. The molecule has 1 aromatic carbocycles. The maximum atomic E-state index is 12.4. The number of ether oxygens (including phenoxy) is 1. The van der Waals surface area contributed by atoms with Gasteiger partial charge in [0, 0.05) is 25.3 Å². The van der Waals surface area contributed by atoms with E-state index in [1.54, 1.807) is 13.2 Å². The van der Waals surface area contributed by atoms with E-state index in [0.717, 1.165) is 23.6 Å². The summed E-state index contributed by atoms with van der Waals surface area (Å²) in [6.45, 7) is 3.93. The van der Waals surface area contributed by atoms with Crippen LogP contribution in [0.5, 0.6) is 5.75 Å². The number of aryl methyl sites for hydroxylation is 1. The second-order valence-corrected chi connectivity index (χ2v) is 6.27. The molecule has 1 aromatic heterocycles. The average molecular weight is 357 g/mol. The van der Waals surface area contributed by atoms with Gasteiger partial charge in [0.1, 0.15) is 11.4 Å². The van der Waals surface area contributed by atoms with Crippen molar-refractivity contribution in [2.24, 2.45) is 0 Å². The van der Waals surface area contributed by atoms with Crippen LogP contribution in [0.15, 0.2) is 30.3 Å². The summed E-state index contributed by atoms with van der Waals surface area (Å²) in [4.78, 5) is 23.1.